The van der Waals surface area contributed by atoms with Crippen LogP contribution in [0.5, 0.6) is 0 Å². The second-order valence-electron chi connectivity index (χ2n) is 5.09. The molecule has 0 aliphatic carbocycles. The highest BCUT2D eigenvalue weighted by Crippen LogP contribution is 2.26. The Morgan fingerprint density at radius 2 is 2.16 bits per heavy atom. The maximum absolute atomic E-state index is 5.96. The van der Waals surface area contributed by atoms with E-state index in [1.165, 1.54) is 5.56 Å². The molecule has 6 heteroatoms. The molecule has 3 heterocycles. The van der Waals surface area contributed by atoms with Gasteiger partial charge in [0.15, 0.2) is 0 Å². The fraction of sp³-hybridized carbons (Fsp3) is 0.462. The van der Waals surface area contributed by atoms with Gasteiger partial charge in [-0.1, -0.05) is 11.6 Å². The third-order valence-electron chi connectivity index (χ3n) is 3.36. The van der Waals surface area contributed by atoms with Gasteiger partial charge in [-0.15, -0.1) is 0 Å². The highest BCUT2D eigenvalue weighted by Gasteiger charge is 2.28. The number of hydrogen-bond acceptors (Lipinski definition) is 4. The molecule has 0 saturated carbocycles. The Labute approximate surface area is 117 Å². The van der Waals surface area contributed by atoms with Crippen molar-refractivity contribution in [1.82, 2.24) is 19.7 Å². The van der Waals surface area contributed by atoms with E-state index < -0.39 is 0 Å². The molecule has 0 spiro atoms. The number of halogens is 1. The van der Waals surface area contributed by atoms with Crippen molar-refractivity contribution in [2.24, 2.45) is 13.0 Å². The van der Waals surface area contributed by atoms with Gasteiger partial charge in [0.1, 0.15) is 16.8 Å². The normalized spacial score (nSPS) is 15.6. The lowest BCUT2D eigenvalue weighted by molar-refractivity contribution is 0.404. The number of rotatable bonds is 3. The van der Waals surface area contributed by atoms with Gasteiger partial charge in [-0.2, -0.15) is 5.10 Å². The zero-order valence-corrected chi connectivity index (χ0v) is 11.8. The Morgan fingerprint density at radius 3 is 2.79 bits per heavy atom. The summed E-state index contributed by atoms with van der Waals surface area (Å²) < 4.78 is 1.85. The van der Waals surface area contributed by atoms with Crippen molar-refractivity contribution in [2.75, 3.05) is 18.0 Å². The Kier molecular flexibility index (Phi) is 3.14. The molecule has 1 aliphatic heterocycles. The molecule has 5 nitrogen and oxygen atoms in total. The van der Waals surface area contributed by atoms with Gasteiger partial charge in [0.2, 0.25) is 0 Å². The van der Waals surface area contributed by atoms with Crippen LogP contribution in [0, 0.1) is 12.8 Å². The smallest absolute Gasteiger partial charge is 0.134 e. The van der Waals surface area contributed by atoms with Crippen LogP contribution in [0.3, 0.4) is 0 Å². The molecule has 0 N–H and O–H groups in total. The van der Waals surface area contributed by atoms with Gasteiger partial charge in [-0.25, -0.2) is 9.97 Å². The molecule has 3 rings (SSSR count). The largest absolute Gasteiger partial charge is 0.356 e. The number of aromatic nitrogens is 4. The van der Waals surface area contributed by atoms with Crippen LogP contribution >= 0.6 is 11.6 Å². The predicted molar refractivity (Wildman–Crippen MR) is 74.4 cm³/mol. The molecule has 2 aromatic rings. The molecule has 100 valence electrons. The average Bonchev–Trinajstić information content (AvgIpc) is 2.67. The third kappa shape index (κ3) is 2.71. The molecule has 0 unspecified atom stereocenters. The SMILES string of the molecule is Cc1nc(Cl)cc(N2CC(Cc3cnn(C)c3)C2)n1. The minimum atomic E-state index is 0.512. The minimum absolute atomic E-state index is 0.512. The van der Waals surface area contributed by atoms with Gasteiger partial charge in [0, 0.05) is 32.4 Å². The predicted octanol–water partition coefficient (Wildman–Crippen LogP) is 1.85. The van der Waals surface area contributed by atoms with Crippen LogP contribution in [0.2, 0.25) is 5.15 Å². The molecule has 0 bridgehead atoms. The summed E-state index contributed by atoms with van der Waals surface area (Å²) in [6.07, 6.45) is 5.09. The Morgan fingerprint density at radius 1 is 1.37 bits per heavy atom. The van der Waals surface area contributed by atoms with Crippen LogP contribution < -0.4 is 4.90 Å². The zero-order chi connectivity index (χ0) is 13.4. The summed E-state index contributed by atoms with van der Waals surface area (Å²) in [5, 5.41) is 4.71. The number of hydrogen-bond donors (Lipinski definition) is 0. The van der Waals surface area contributed by atoms with Crippen LogP contribution in [0.15, 0.2) is 18.5 Å². The summed E-state index contributed by atoms with van der Waals surface area (Å²) in [6, 6.07) is 1.83. The molecule has 0 aromatic carbocycles. The fourth-order valence-electron chi connectivity index (χ4n) is 2.48. The Balaban J connectivity index is 1.60. The lowest BCUT2D eigenvalue weighted by Gasteiger charge is -2.40. The maximum Gasteiger partial charge on any atom is 0.134 e. The van der Waals surface area contributed by atoms with E-state index >= 15 is 0 Å². The summed E-state index contributed by atoms with van der Waals surface area (Å²) in [5.41, 5.74) is 1.30. The zero-order valence-electron chi connectivity index (χ0n) is 11.0. The average molecular weight is 278 g/mol. The topological polar surface area (TPSA) is 46.8 Å². The van der Waals surface area contributed by atoms with E-state index in [0.717, 1.165) is 31.2 Å². The Hall–Kier alpha value is -1.62. The molecule has 0 atom stereocenters. The summed E-state index contributed by atoms with van der Waals surface area (Å²) in [4.78, 5) is 10.7. The second-order valence-corrected chi connectivity index (χ2v) is 5.48. The first kappa shape index (κ1) is 12.4. The first-order chi connectivity index (χ1) is 9.10. The standard InChI is InChI=1S/C13H16ClN5/c1-9-16-12(14)4-13(17-9)19-7-11(8-19)3-10-5-15-18(2)6-10/h4-6,11H,3,7-8H2,1-2H3. The van der Waals surface area contributed by atoms with E-state index in [-0.39, 0.29) is 0 Å². The molecular formula is C13H16ClN5. The summed E-state index contributed by atoms with van der Waals surface area (Å²) >= 11 is 5.96. The van der Waals surface area contributed by atoms with Gasteiger partial charge < -0.3 is 4.90 Å². The van der Waals surface area contributed by atoms with E-state index in [1.807, 2.05) is 30.9 Å². The molecule has 1 aliphatic rings. The molecule has 1 fully saturated rings. The summed E-state index contributed by atoms with van der Waals surface area (Å²) in [7, 11) is 1.95. The van der Waals surface area contributed by atoms with Gasteiger partial charge in [-0.3, -0.25) is 4.68 Å². The van der Waals surface area contributed by atoms with E-state index in [1.54, 1.807) is 0 Å². The summed E-state index contributed by atoms with van der Waals surface area (Å²) in [5.74, 6) is 2.32. The van der Waals surface area contributed by atoms with Gasteiger partial charge in [0.05, 0.1) is 6.20 Å². The summed E-state index contributed by atoms with van der Waals surface area (Å²) in [6.45, 7) is 3.89. The lowest BCUT2D eigenvalue weighted by Crippen LogP contribution is -2.48. The van der Waals surface area contributed by atoms with Gasteiger partial charge >= 0.3 is 0 Å². The molecule has 0 radical (unpaired) electrons. The second kappa shape index (κ2) is 4.81. The number of anilines is 1. The first-order valence-corrected chi connectivity index (χ1v) is 6.71. The molecular weight excluding hydrogens is 262 g/mol. The van der Waals surface area contributed by atoms with Crippen molar-refractivity contribution < 1.29 is 0 Å². The number of aryl methyl sites for hydroxylation is 2. The molecule has 19 heavy (non-hydrogen) atoms. The van der Waals surface area contributed by atoms with Crippen LogP contribution in [0.25, 0.3) is 0 Å². The van der Waals surface area contributed by atoms with Crippen molar-refractivity contribution in [2.45, 2.75) is 13.3 Å². The Bertz CT molecular complexity index is 568. The van der Waals surface area contributed by atoms with Gasteiger partial charge in [0.25, 0.3) is 0 Å². The van der Waals surface area contributed by atoms with E-state index in [2.05, 4.69) is 26.2 Å². The molecule has 1 saturated heterocycles. The van der Waals surface area contributed by atoms with Crippen molar-refractivity contribution in [3.63, 3.8) is 0 Å². The van der Waals surface area contributed by atoms with Gasteiger partial charge in [-0.05, 0) is 24.8 Å². The highest BCUT2D eigenvalue weighted by molar-refractivity contribution is 6.29. The highest BCUT2D eigenvalue weighted by atomic mass is 35.5. The van der Waals surface area contributed by atoms with E-state index in [4.69, 9.17) is 11.6 Å². The third-order valence-corrected chi connectivity index (χ3v) is 3.55. The van der Waals surface area contributed by atoms with Crippen LogP contribution in [0.1, 0.15) is 11.4 Å². The van der Waals surface area contributed by atoms with Crippen molar-refractivity contribution in [3.05, 3.63) is 35.0 Å². The quantitative estimate of drug-likeness (QED) is 0.804. The molecule has 0 amide bonds. The van der Waals surface area contributed by atoms with Crippen LogP contribution in [-0.4, -0.2) is 32.8 Å². The van der Waals surface area contributed by atoms with Crippen molar-refractivity contribution in [1.29, 1.82) is 0 Å². The first-order valence-electron chi connectivity index (χ1n) is 6.34. The van der Waals surface area contributed by atoms with Crippen LogP contribution in [0.4, 0.5) is 5.82 Å². The minimum Gasteiger partial charge on any atom is -0.356 e. The van der Waals surface area contributed by atoms with E-state index in [0.29, 0.717) is 11.1 Å². The van der Waals surface area contributed by atoms with Crippen molar-refractivity contribution in [3.8, 4) is 0 Å². The van der Waals surface area contributed by atoms with Crippen LogP contribution in [-0.2, 0) is 13.5 Å². The number of nitrogens with zero attached hydrogens (tertiary/aromatic N) is 5. The maximum atomic E-state index is 5.96. The molecule has 2 aromatic heterocycles. The lowest BCUT2D eigenvalue weighted by atomic mass is 9.93. The monoisotopic (exact) mass is 277 g/mol. The fourth-order valence-corrected chi connectivity index (χ4v) is 2.69. The van der Waals surface area contributed by atoms with E-state index in [9.17, 15) is 0 Å². The van der Waals surface area contributed by atoms with Crippen molar-refractivity contribution >= 4 is 17.4 Å².